The molecule has 1 aromatic carbocycles. The van der Waals surface area contributed by atoms with E-state index in [2.05, 4.69) is 20.9 Å². The SMILES string of the molecule is CCN(C(=O)C1CC(=O)N(c2ccc(SC)cc2)C1)c1ccc(Br)cn1. The summed E-state index contributed by atoms with van der Waals surface area (Å²) in [5.74, 6) is 0.183. The first-order valence-electron chi connectivity index (χ1n) is 8.40. The van der Waals surface area contributed by atoms with E-state index in [0.717, 1.165) is 15.1 Å². The van der Waals surface area contributed by atoms with Crippen LogP contribution in [0.2, 0.25) is 0 Å². The Hall–Kier alpha value is -1.86. The predicted octanol–water partition coefficient (Wildman–Crippen LogP) is 3.97. The van der Waals surface area contributed by atoms with Crippen molar-refractivity contribution in [1.29, 1.82) is 0 Å². The molecule has 0 radical (unpaired) electrons. The number of carbonyl (C=O) groups excluding carboxylic acids is 2. The summed E-state index contributed by atoms with van der Waals surface area (Å²) in [6.07, 6.45) is 3.92. The number of amides is 2. The van der Waals surface area contributed by atoms with Crippen molar-refractivity contribution >= 4 is 51.0 Å². The van der Waals surface area contributed by atoms with Crippen LogP contribution in [0, 0.1) is 5.92 Å². The molecule has 2 amide bonds. The van der Waals surface area contributed by atoms with Gasteiger partial charge in [0.1, 0.15) is 5.82 Å². The number of carbonyl (C=O) groups is 2. The number of nitrogens with zero attached hydrogens (tertiary/aromatic N) is 3. The van der Waals surface area contributed by atoms with E-state index in [1.807, 2.05) is 43.5 Å². The molecule has 1 fully saturated rings. The van der Waals surface area contributed by atoms with E-state index in [9.17, 15) is 9.59 Å². The molecule has 136 valence electrons. The van der Waals surface area contributed by atoms with Gasteiger partial charge in [0.2, 0.25) is 11.8 Å². The topological polar surface area (TPSA) is 53.5 Å². The van der Waals surface area contributed by atoms with Crippen molar-refractivity contribution in [3.8, 4) is 0 Å². The Bertz CT molecular complexity index is 795. The summed E-state index contributed by atoms with van der Waals surface area (Å²) in [4.78, 5) is 34.2. The number of benzene rings is 1. The zero-order chi connectivity index (χ0) is 18.7. The highest BCUT2D eigenvalue weighted by Gasteiger charge is 2.37. The number of pyridine rings is 1. The van der Waals surface area contributed by atoms with Crippen LogP contribution >= 0.6 is 27.7 Å². The van der Waals surface area contributed by atoms with Crippen molar-refractivity contribution in [2.45, 2.75) is 18.2 Å². The quantitative estimate of drug-likeness (QED) is 0.669. The normalized spacial score (nSPS) is 16.8. The number of hydrogen-bond acceptors (Lipinski definition) is 4. The summed E-state index contributed by atoms with van der Waals surface area (Å²) in [6.45, 7) is 2.83. The first-order valence-corrected chi connectivity index (χ1v) is 10.4. The van der Waals surface area contributed by atoms with Gasteiger partial charge < -0.3 is 4.90 Å². The third-order valence-electron chi connectivity index (χ3n) is 4.43. The number of anilines is 2. The Morgan fingerprint density at radius 3 is 2.62 bits per heavy atom. The lowest BCUT2D eigenvalue weighted by Gasteiger charge is -2.23. The maximum absolute atomic E-state index is 13.0. The van der Waals surface area contributed by atoms with Gasteiger partial charge >= 0.3 is 0 Å². The maximum Gasteiger partial charge on any atom is 0.233 e. The first-order chi connectivity index (χ1) is 12.5. The van der Waals surface area contributed by atoms with Gasteiger partial charge in [-0.3, -0.25) is 14.5 Å². The van der Waals surface area contributed by atoms with Crippen LogP contribution in [0.25, 0.3) is 0 Å². The Kier molecular flexibility index (Phi) is 5.98. The minimum atomic E-state index is -0.354. The highest BCUT2D eigenvalue weighted by molar-refractivity contribution is 9.10. The van der Waals surface area contributed by atoms with E-state index >= 15 is 0 Å². The summed E-state index contributed by atoms with van der Waals surface area (Å²) < 4.78 is 0.862. The van der Waals surface area contributed by atoms with Gasteiger partial charge in [0.15, 0.2) is 0 Å². The maximum atomic E-state index is 13.0. The molecule has 0 N–H and O–H groups in total. The van der Waals surface area contributed by atoms with Crippen molar-refractivity contribution in [2.75, 3.05) is 29.1 Å². The van der Waals surface area contributed by atoms with E-state index in [-0.39, 0.29) is 24.2 Å². The van der Waals surface area contributed by atoms with Crippen LogP contribution in [0.15, 0.2) is 52.0 Å². The molecule has 3 rings (SSSR count). The van der Waals surface area contributed by atoms with E-state index < -0.39 is 0 Å². The second-order valence-corrected chi connectivity index (χ2v) is 7.82. The minimum absolute atomic E-state index is 0.0138. The molecule has 1 aliphatic rings. The van der Waals surface area contributed by atoms with Gasteiger partial charge in [-0.1, -0.05) is 0 Å². The molecule has 0 bridgehead atoms. The summed E-state index contributed by atoms with van der Waals surface area (Å²) in [5.41, 5.74) is 0.841. The fourth-order valence-electron chi connectivity index (χ4n) is 3.06. The van der Waals surface area contributed by atoms with Crippen molar-refractivity contribution in [2.24, 2.45) is 5.92 Å². The summed E-state index contributed by atoms with van der Waals surface area (Å²) >= 11 is 5.01. The minimum Gasteiger partial charge on any atom is -0.312 e. The molecule has 26 heavy (non-hydrogen) atoms. The molecule has 7 heteroatoms. The number of hydrogen-bond donors (Lipinski definition) is 0. The molecule has 1 aliphatic heterocycles. The number of halogens is 1. The van der Waals surface area contributed by atoms with E-state index in [4.69, 9.17) is 0 Å². The Labute approximate surface area is 165 Å². The van der Waals surface area contributed by atoms with Crippen LogP contribution in [-0.4, -0.2) is 36.1 Å². The lowest BCUT2D eigenvalue weighted by atomic mass is 10.1. The molecule has 5 nitrogen and oxygen atoms in total. The number of rotatable bonds is 5. The lowest BCUT2D eigenvalue weighted by Crippen LogP contribution is -2.38. The van der Waals surface area contributed by atoms with Crippen LogP contribution in [0.4, 0.5) is 11.5 Å². The summed E-state index contributed by atoms with van der Waals surface area (Å²) in [7, 11) is 0. The van der Waals surface area contributed by atoms with Crippen LogP contribution in [0.3, 0.4) is 0 Å². The zero-order valence-electron chi connectivity index (χ0n) is 14.7. The third kappa shape index (κ3) is 3.94. The molecule has 0 saturated carbocycles. The molecular weight excluding hydrogens is 414 g/mol. The van der Waals surface area contributed by atoms with Crippen LogP contribution in [0.1, 0.15) is 13.3 Å². The van der Waals surface area contributed by atoms with Crippen molar-refractivity contribution in [3.63, 3.8) is 0 Å². The van der Waals surface area contributed by atoms with E-state index in [0.29, 0.717) is 18.9 Å². The van der Waals surface area contributed by atoms with Gasteiger partial charge in [-0.2, -0.15) is 0 Å². The number of thioether (sulfide) groups is 1. The van der Waals surface area contributed by atoms with Gasteiger partial charge in [0.05, 0.1) is 5.92 Å². The van der Waals surface area contributed by atoms with Gasteiger partial charge in [-0.15, -0.1) is 11.8 Å². The Morgan fingerprint density at radius 1 is 1.31 bits per heavy atom. The van der Waals surface area contributed by atoms with Crippen LogP contribution < -0.4 is 9.80 Å². The standard InChI is InChI=1S/C19H20BrN3O2S/c1-3-22(17-9-4-14(20)11-21-17)19(25)13-10-18(24)23(12-13)15-5-7-16(26-2)8-6-15/h4-9,11,13H,3,10,12H2,1-2H3. The first kappa shape index (κ1) is 18.9. The van der Waals surface area contributed by atoms with Crippen molar-refractivity contribution < 1.29 is 9.59 Å². The fourth-order valence-corrected chi connectivity index (χ4v) is 3.71. The van der Waals surface area contributed by atoms with Crippen molar-refractivity contribution in [3.05, 3.63) is 47.1 Å². The highest BCUT2D eigenvalue weighted by Crippen LogP contribution is 2.29. The van der Waals surface area contributed by atoms with E-state index in [1.54, 1.807) is 33.8 Å². The molecule has 1 aromatic heterocycles. The van der Waals surface area contributed by atoms with Gasteiger partial charge in [-0.05, 0) is 65.5 Å². The molecule has 2 heterocycles. The molecule has 2 aromatic rings. The van der Waals surface area contributed by atoms with Crippen molar-refractivity contribution in [1.82, 2.24) is 4.98 Å². The predicted molar refractivity (Wildman–Crippen MR) is 109 cm³/mol. The van der Waals surface area contributed by atoms with Gasteiger partial charge in [0.25, 0.3) is 0 Å². The third-order valence-corrected chi connectivity index (χ3v) is 5.64. The molecule has 1 unspecified atom stereocenters. The van der Waals surface area contributed by atoms with Crippen LogP contribution in [-0.2, 0) is 9.59 Å². The highest BCUT2D eigenvalue weighted by atomic mass is 79.9. The molecule has 1 saturated heterocycles. The lowest BCUT2D eigenvalue weighted by molar-refractivity contribution is -0.124. The molecule has 1 atom stereocenters. The van der Waals surface area contributed by atoms with Gasteiger partial charge in [-0.25, -0.2) is 4.98 Å². The largest absolute Gasteiger partial charge is 0.312 e. The summed E-state index contributed by atoms with van der Waals surface area (Å²) in [6, 6.07) is 11.5. The molecular formula is C19H20BrN3O2S. The monoisotopic (exact) mass is 433 g/mol. The fraction of sp³-hybridized carbons (Fsp3) is 0.316. The van der Waals surface area contributed by atoms with Gasteiger partial charge in [0, 0.05) is 40.8 Å². The average molecular weight is 434 g/mol. The van der Waals surface area contributed by atoms with E-state index in [1.165, 1.54) is 0 Å². The molecule has 0 aliphatic carbocycles. The number of aromatic nitrogens is 1. The van der Waals surface area contributed by atoms with Crippen LogP contribution in [0.5, 0.6) is 0 Å². The second kappa shape index (κ2) is 8.22. The smallest absolute Gasteiger partial charge is 0.233 e. The second-order valence-electron chi connectivity index (χ2n) is 6.02. The summed E-state index contributed by atoms with van der Waals surface area (Å²) in [5, 5.41) is 0. The Morgan fingerprint density at radius 2 is 2.04 bits per heavy atom. The zero-order valence-corrected chi connectivity index (χ0v) is 17.1. The average Bonchev–Trinajstić information content (AvgIpc) is 3.05. The molecule has 0 spiro atoms. The Balaban J connectivity index is 1.75.